The molecule has 2 heterocycles. The van der Waals surface area contributed by atoms with Crippen LogP contribution in [-0.4, -0.2) is 35.5 Å². The average Bonchev–Trinajstić information content (AvgIpc) is 3.15. The summed E-state index contributed by atoms with van der Waals surface area (Å²) in [4.78, 5) is 28.9. The van der Waals surface area contributed by atoms with Crippen LogP contribution in [0.15, 0.2) is 42.6 Å². The highest BCUT2D eigenvalue weighted by Crippen LogP contribution is 2.25. The second kappa shape index (κ2) is 7.61. The number of pyridine rings is 1. The maximum Gasteiger partial charge on any atom is 0.310 e. The number of benzene rings is 1. The summed E-state index contributed by atoms with van der Waals surface area (Å²) in [5.74, 6) is 0.547. The van der Waals surface area contributed by atoms with Gasteiger partial charge >= 0.3 is 5.69 Å². The second-order valence-corrected chi connectivity index (χ2v) is 5.66. The fourth-order valence-corrected chi connectivity index (χ4v) is 2.66. The molecule has 1 aromatic carbocycles. The van der Waals surface area contributed by atoms with Gasteiger partial charge in [-0.2, -0.15) is 0 Å². The number of nitrogens with zero attached hydrogens (tertiary/aromatic N) is 3. The summed E-state index contributed by atoms with van der Waals surface area (Å²) in [7, 11) is 0. The number of ether oxygens (including phenoxy) is 1. The molecule has 1 saturated heterocycles. The second-order valence-electron chi connectivity index (χ2n) is 5.66. The number of para-hydroxylation sites is 2. The van der Waals surface area contributed by atoms with Gasteiger partial charge in [0.15, 0.2) is 12.4 Å². The molecule has 1 aliphatic heterocycles. The van der Waals surface area contributed by atoms with Crippen LogP contribution in [0.25, 0.3) is 0 Å². The normalized spacial score (nSPS) is 13.5. The smallest absolute Gasteiger partial charge is 0.310 e. The zero-order chi connectivity index (χ0) is 17.6. The molecule has 8 heteroatoms. The van der Waals surface area contributed by atoms with E-state index in [1.807, 2.05) is 6.07 Å². The Kier molecular flexibility index (Phi) is 5.08. The van der Waals surface area contributed by atoms with E-state index < -0.39 is 10.8 Å². The summed E-state index contributed by atoms with van der Waals surface area (Å²) < 4.78 is 5.26. The Morgan fingerprint density at radius 3 is 2.68 bits per heavy atom. The highest BCUT2D eigenvalue weighted by atomic mass is 16.6. The van der Waals surface area contributed by atoms with Crippen molar-refractivity contribution >= 4 is 23.1 Å². The van der Waals surface area contributed by atoms with Gasteiger partial charge in [-0.25, -0.2) is 4.98 Å². The molecule has 0 spiro atoms. The highest BCUT2D eigenvalue weighted by molar-refractivity contribution is 5.91. The van der Waals surface area contributed by atoms with Crippen LogP contribution in [0.1, 0.15) is 12.8 Å². The van der Waals surface area contributed by atoms with E-state index in [1.165, 1.54) is 25.0 Å². The van der Waals surface area contributed by atoms with Gasteiger partial charge < -0.3 is 15.0 Å². The number of hydrogen-bond donors (Lipinski definition) is 1. The summed E-state index contributed by atoms with van der Waals surface area (Å²) in [5, 5.41) is 13.6. The molecule has 1 N–H and O–H groups in total. The van der Waals surface area contributed by atoms with Crippen molar-refractivity contribution in [1.82, 2.24) is 4.98 Å². The van der Waals surface area contributed by atoms with Crippen LogP contribution in [0, 0.1) is 10.1 Å². The molecule has 0 unspecified atom stereocenters. The van der Waals surface area contributed by atoms with Crippen molar-refractivity contribution in [3.05, 3.63) is 52.7 Å². The van der Waals surface area contributed by atoms with Gasteiger partial charge in [-0.15, -0.1) is 0 Å². The fraction of sp³-hybridized carbons (Fsp3) is 0.294. The Morgan fingerprint density at radius 1 is 1.24 bits per heavy atom. The van der Waals surface area contributed by atoms with Crippen molar-refractivity contribution in [3.8, 4) is 5.75 Å². The quantitative estimate of drug-likeness (QED) is 0.640. The first-order chi connectivity index (χ1) is 12.1. The van der Waals surface area contributed by atoms with E-state index in [4.69, 9.17) is 4.74 Å². The van der Waals surface area contributed by atoms with Crippen LogP contribution >= 0.6 is 0 Å². The molecule has 0 saturated carbocycles. The van der Waals surface area contributed by atoms with E-state index in [0.717, 1.165) is 18.9 Å². The standard InChI is InChI=1S/C17H18N4O4/c22-17(12-25-15-6-2-1-5-14(15)21(23)24)19-13-7-8-16(18-11-13)20-9-3-4-10-20/h1-2,5-8,11H,3-4,9-10,12H2,(H,19,22). The van der Waals surface area contributed by atoms with E-state index >= 15 is 0 Å². The molecule has 1 fully saturated rings. The molecule has 0 atom stereocenters. The predicted octanol–water partition coefficient (Wildman–Crippen LogP) is 2.61. The number of nitro benzene ring substituents is 1. The van der Waals surface area contributed by atoms with Crippen molar-refractivity contribution in [2.24, 2.45) is 0 Å². The van der Waals surface area contributed by atoms with E-state index in [0.29, 0.717) is 5.69 Å². The number of carbonyl (C=O) groups excluding carboxylic acids is 1. The average molecular weight is 342 g/mol. The van der Waals surface area contributed by atoms with E-state index in [-0.39, 0.29) is 18.0 Å². The predicted molar refractivity (Wildman–Crippen MR) is 92.9 cm³/mol. The van der Waals surface area contributed by atoms with Crippen molar-refractivity contribution in [2.75, 3.05) is 29.9 Å². The van der Waals surface area contributed by atoms with Crippen LogP contribution in [0.5, 0.6) is 5.75 Å². The molecular formula is C17H18N4O4. The van der Waals surface area contributed by atoms with Gasteiger partial charge in [0.05, 0.1) is 16.8 Å². The van der Waals surface area contributed by atoms with Gasteiger partial charge in [-0.05, 0) is 31.0 Å². The molecule has 0 radical (unpaired) electrons. The lowest BCUT2D eigenvalue weighted by molar-refractivity contribution is -0.385. The van der Waals surface area contributed by atoms with Gasteiger partial charge in [0, 0.05) is 19.2 Å². The molecule has 1 amide bonds. The summed E-state index contributed by atoms with van der Waals surface area (Å²) in [6, 6.07) is 9.58. The van der Waals surface area contributed by atoms with Crippen LogP contribution < -0.4 is 15.0 Å². The molecule has 0 aliphatic carbocycles. The lowest BCUT2D eigenvalue weighted by Crippen LogP contribution is -2.21. The minimum atomic E-state index is -0.547. The number of nitro groups is 1. The summed E-state index contributed by atoms with van der Waals surface area (Å²) in [6.07, 6.45) is 3.93. The molecule has 3 rings (SSSR count). The highest BCUT2D eigenvalue weighted by Gasteiger charge is 2.16. The lowest BCUT2D eigenvalue weighted by Gasteiger charge is -2.16. The third kappa shape index (κ3) is 4.23. The molecule has 1 aliphatic rings. The maximum atomic E-state index is 12.0. The third-order valence-electron chi connectivity index (χ3n) is 3.88. The number of amides is 1. The summed E-state index contributed by atoms with van der Waals surface area (Å²) in [5.41, 5.74) is 0.381. The first-order valence-electron chi connectivity index (χ1n) is 8.00. The van der Waals surface area contributed by atoms with Crippen LogP contribution in [0.4, 0.5) is 17.2 Å². The topological polar surface area (TPSA) is 97.6 Å². The van der Waals surface area contributed by atoms with Crippen LogP contribution in [0.2, 0.25) is 0 Å². The Morgan fingerprint density at radius 2 is 2.00 bits per heavy atom. The van der Waals surface area contributed by atoms with E-state index in [9.17, 15) is 14.9 Å². The molecule has 25 heavy (non-hydrogen) atoms. The van der Waals surface area contributed by atoms with Crippen molar-refractivity contribution in [1.29, 1.82) is 0 Å². The van der Waals surface area contributed by atoms with Gasteiger partial charge in [0.25, 0.3) is 5.91 Å². The zero-order valence-electron chi connectivity index (χ0n) is 13.6. The first kappa shape index (κ1) is 16.7. The number of aromatic nitrogens is 1. The first-order valence-corrected chi connectivity index (χ1v) is 8.00. The molecule has 2 aromatic rings. The van der Waals surface area contributed by atoms with Crippen molar-refractivity contribution in [2.45, 2.75) is 12.8 Å². The molecule has 0 bridgehead atoms. The Bertz CT molecular complexity index is 757. The van der Waals surface area contributed by atoms with Gasteiger partial charge in [-0.1, -0.05) is 12.1 Å². The summed E-state index contributed by atoms with van der Waals surface area (Å²) >= 11 is 0. The Labute approximate surface area is 144 Å². The fourth-order valence-electron chi connectivity index (χ4n) is 2.66. The molecular weight excluding hydrogens is 324 g/mol. The number of hydrogen-bond acceptors (Lipinski definition) is 6. The minimum absolute atomic E-state index is 0.0603. The largest absolute Gasteiger partial charge is 0.477 e. The minimum Gasteiger partial charge on any atom is -0.477 e. The molecule has 8 nitrogen and oxygen atoms in total. The van der Waals surface area contributed by atoms with Crippen molar-refractivity contribution in [3.63, 3.8) is 0 Å². The van der Waals surface area contributed by atoms with Crippen LogP contribution in [-0.2, 0) is 4.79 Å². The monoisotopic (exact) mass is 342 g/mol. The van der Waals surface area contributed by atoms with E-state index in [1.54, 1.807) is 24.4 Å². The van der Waals surface area contributed by atoms with Crippen molar-refractivity contribution < 1.29 is 14.5 Å². The van der Waals surface area contributed by atoms with Crippen LogP contribution in [0.3, 0.4) is 0 Å². The number of carbonyl (C=O) groups is 1. The zero-order valence-corrected chi connectivity index (χ0v) is 13.6. The Hall–Kier alpha value is -3.16. The number of rotatable bonds is 6. The van der Waals surface area contributed by atoms with Gasteiger partial charge in [0.2, 0.25) is 0 Å². The Balaban J connectivity index is 1.55. The lowest BCUT2D eigenvalue weighted by atomic mass is 10.3. The third-order valence-corrected chi connectivity index (χ3v) is 3.88. The number of nitrogens with one attached hydrogen (secondary N) is 1. The summed E-state index contributed by atoms with van der Waals surface area (Å²) in [6.45, 7) is 1.68. The molecule has 130 valence electrons. The maximum absolute atomic E-state index is 12.0. The van der Waals surface area contributed by atoms with E-state index in [2.05, 4.69) is 15.2 Å². The number of anilines is 2. The molecule has 1 aromatic heterocycles. The van der Waals surface area contributed by atoms with Gasteiger partial charge in [-0.3, -0.25) is 14.9 Å². The SMILES string of the molecule is O=C(COc1ccccc1[N+](=O)[O-])Nc1ccc(N2CCCC2)nc1. The van der Waals surface area contributed by atoms with Gasteiger partial charge in [0.1, 0.15) is 5.82 Å².